The smallest absolute Gasteiger partial charge is 0.200 e. The minimum absolute atomic E-state index is 0.606. The maximum Gasteiger partial charge on any atom is 0.200 e. The van der Waals surface area contributed by atoms with Crippen LogP contribution in [0.25, 0.3) is 0 Å². The van der Waals surface area contributed by atoms with E-state index >= 15 is 0 Å². The van der Waals surface area contributed by atoms with Gasteiger partial charge in [-0.05, 0) is 42.5 Å². The summed E-state index contributed by atoms with van der Waals surface area (Å²) < 4.78 is 4.36. The Morgan fingerprint density at radius 2 is 2.31 bits per heavy atom. The van der Waals surface area contributed by atoms with Crippen LogP contribution >= 0.6 is 23.3 Å². The third-order valence-corrected chi connectivity index (χ3v) is 5.44. The zero-order valence-electron chi connectivity index (χ0n) is 10.3. The lowest BCUT2D eigenvalue weighted by Crippen LogP contribution is -2.06. The Hall–Kier alpha value is -0.0900. The maximum absolute atomic E-state index is 4.59. The van der Waals surface area contributed by atoms with Crippen LogP contribution in [-0.2, 0) is 0 Å². The van der Waals surface area contributed by atoms with Gasteiger partial charge in [-0.15, -0.1) is 0 Å². The highest BCUT2D eigenvalue weighted by molar-refractivity contribution is 7.98. The molecule has 1 aromatic heterocycles. The predicted octanol–water partition coefficient (Wildman–Crippen LogP) is 4.19. The van der Waals surface area contributed by atoms with Gasteiger partial charge in [0.1, 0.15) is 5.01 Å². The van der Waals surface area contributed by atoms with Crippen molar-refractivity contribution in [3.8, 4) is 0 Å². The fourth-order valence-corrected chi connectivity index (χ4v) is 3.98. The van der Waals surface area contributed by atoms with Crippen LogP contribution in [0.3, 0.4) is 0 Å². The van der Waals surface area contributed by atoms with E-state index in [4.69, 9.17) is 0 Å². The summed E-state index contributed by atoms with van der Waals surface area (Å²) in [4.78, 5) is 4.59. The number of aromatic nitrogens is 2. The normalized spacial score (nSPS) is 27.2. The van der Waals surface area contributed by atoms with Gasteiger partial charge in [-0.1, -0.05) is 38.5 Å². The van der Waals surface area contributed by atoms with E-state index in [1.807, 2.05) is 6.26 Å². The van der Waals surface area contributed by atoms with Crippen molar-refractivity contribution in [3.63, 3.8) is 0 Å². The predicted molar refractivity (Wildman–Crippen MR) is 71.2 cm³/mol. The Morgan fingerprint density at radius 3 is 2.88 bits per heavy atom. The first-order valence-corrected chi connectivity index (χ1v) is 8.12. The first-order chi connectivity index (χ1) is 7.74. The van der Waals surface area contributed by atoms with Gasteiger partial charge in [-0.25, -0.2) is 4.98 Å². The van der Waals surface area contributed by atoms with Crippen LogP contribution in [0.15, 0.2) is 5.16 Å². The topological polar surface area (TPSA) is 25.8 Å². The van der Waals surface area contributed by atoms with Crippen molar-refractivity contribution in [2.45, 2.75) is 50.6 Å². The zero-order valence-corrected chi connectivity index (χ0v) is 11.9. The Morgan fingerprint density at radius 1 is 1.50 bits per heavy atom. The summed E-state index contributed by atoms with van der Waals surface area (Å²) in [5, 5.41) is 2.18. The fourth-order valence-electron chi connectivity index (χ4n) is 2.63. The van der Waals surface area contributed by atoms with Crippen LogP contribution in [-0.4, -0.2) is 15.6 Å². The van der Waals surface area contributed by atoms with Crippen molar-refractivity contribution in [2.75, 3.05) is 6.26 Å². The Balaban J connectivity index is 1.99. The van der Waals surface area contributed by atoms with Gasteiger partial charge in [0.05, 0.1) is 0 Å². The lowest BCUT2D eigenvalue weighted by Gasteiger charge is -2.16. The standard InChI is InChI=1S/C12H20N2S2/c1-4-9-5-6-10(7-9)8(2)11-13-12(15-3)14-16-11/h8-10H,4-7H2,1-3H3. The van der Waals surface area contributed by atoms with Gasteiger partial charge in [0.15, 0.2) is 5.16 Å². The summed E-state index contributed by atoms with van der Waals surface area (Å²) in [6, 6.07) is 0. The molecule has 1 aromatic rings. The monoisotopic (exact) mass is 256 g/mol. The lowest BCUT2D eigenvalue weighted by atomic mass is 9.92. The average Bonchev–Trinajstić information content (AvgIpc) is 2.97. The fraction of sp³-hybridized carbons (Fsp3) is 0.833. The molecule has 2 rings (SSSR count). The minimum Gasteiger partial charge on any atom is -0.214 e. The molecule has 1 saturated carbocycles. The van der Waals surface area contributed by atoms with Gasteiger partial charge in [0.25, 0.3) is 0 Å². The van der Waals surface area contributed by atoms with Gasteiger partial charge in [-0.3, -0.25) is 0 Å². The Kier molecular flexibility index (Phi) is 4.25. The van der Waals surface area contributed by atoms with Crippen molar-refractivity contribution in [1.29, 1.82) is 0 Å². The molecule has 90 valence electrons. The first-order valence-electron chi connectivity index (χ1n) is 6.12. The molecular formula is C12H20N2S2. The van der Waals surface area contributed by atoms with E-state index in [9.17, 15) is 0 Å². The van der Waals surface area contributed by atoms with Crippen LogP contribution in [0.4, 0.5) is 0 Å². The average molecular weight is 256 g/mol. The molecule has 16 heavy (non-hydrogen) atoms. The van der Waals surface area contributed by atoms with Crippen LogP contribution in [0.2, 0.25) is 0 Å². The maximum atomic E-state index is 4.59. The molecule has 1 aliphatic rings. The van der Waals surface area contributed by atoms with Gasteiger partial charge in [0.2, 0.25) is 0 Å². The van der Waals surface area contributed by atoms with Gasteiger partial charge >= 0.3 is 0 Å². The summed E-state index contributed by atoms with van der Waals surface area (Å²) in [6.45, 7) is 4.64. The van der Waals surface area contributed by atoms with Crippen molar-refractivity contribution < 1.29 is 0 Å². The molecule has 3 atom stereocenters. The van der Waals surface area contributed by atoms with Crippen LogP contribution in [0.5, 0.6) is 0 Å². The van der Waals surface area contributed by atoms with Gasteiger partial charge in [0, 0.05) is 5.92 Å². The molecule has 0 aromatic carbocycles. The highest BCUT2D eigenvalue weighted by Gasteiger charge is 2.30. The number of thioether (sulfide) groups is 1. The Labute approximate surface area is 106 Å². The molecular weight excluding hydrogens is 236 g/mol. The van der Waals surface area contributed by atoms with Crippen molar-refractivity contribution in [3.05, 3.63) is 5.01 Å². The molecule has 0 amide bonds. The molecule has 1 heterocycles. The molecule has 0 saturated heterocycles. The van der Waals surface area contributed by atoms with Crippen molar-refractivity contribution in [1.82, 2.24) is 9.36 Å². The second kappa shape index (κ2) is 5.50. The molecule has 1 fully saturated rings. The summed E-state index contributed by atoms with van der Waals surface area (Å²) >= 11 is 3.24. The molecule has 3 unspecified atom stereocenters. The molecule has 0 radical (unpaired) electrons. The van der Waals surface area contributed by atoms with E-state index in [1.165, 1.54) is 30.7 Å². The molecule has 1 aliphatic carbocycles. The quantitative estimate of drug-likeness (QED) is 0.755. The third-order valence-electron chi connectivity index (χ3n) is 3.86. The van der Waals surface area contributed by atoms with E-state index < -0.39 is 0 Å². The van der Waals surface area contributed by atoms with Crippen molar-refractivity contribution in [2.24, 2.45) is 11.8 Å². The highest BCUT2D eigenvalue weighted by atomic mass is 32.2. The molecule has 0 aliphatic heterocycles. The second-order valence-electron chi connectivity index (χ2n) is 4.76. The van der Waals surface area contributed by atoms with Crippen LogP contribution in [0, 0.1) is 11.8 Å². The number of hydrogen-bond acceptors (Lipinski definition) is 4. The first kappa shape index (κ1) is 12.4. The minimum atomic E-state index is 0.606. The van der Waals surface area contributed by atoms with E-state index in [0.717, 1.165) is 17.0 Å². The molecule has 4 heteroatoms. The van der Waals surface area contributed by atoms with E-state index in [-0.39, 0.29) is 0 Å². The summed E-state index contributed by atoms with van der Waals surface area (Å²) in [5.41, 5.74) is 0. The largest absolute Gasteiger partial charge is 0.214 e. The SMILES string of the molecule is CCC1CCC(C(C)c2nc(SC)ns2)C1. The highest BCUT2D eigenvalue weighted by Crippen LogP contribution is 2.41. The number of nitrogens with zero attached hydrogens (tertiary/aromatic N) is 2. The summed E-state index contributed by atoms with van der Waals surface area (Å²) in [5.74, 6) is 2.41. The summed E-state index contributed by atoms with van der Waals surface area (Å²) in [6.07, 6.45) is 7.58. The molecule has 0 bridgehead atoms. The van der Waals surface area contributed by atoms with Gasteiger partial charge in [-0.2, -0.15) is 4.37 Å². The molecule has 2 nitrogen and oxygen atoms in total. The lowest BCUT2D eigenvalue weighted by molar-refractivity contribution is 0.426. The van der Waals surface area contributed by atoms with Crippen molar-refractivity contribution >= 4 is 23.3 Å². The Bertz CT molecular complexity index is 338. The number of hydrogen-bond donors (Lipinski definition) is 0. The summed E-state index contributed by atoms with van der Waals surface area (Å²) in [7, 11) is 0. The van der Waals surface area contributed by atoms with Gasteiger partial charge < -0.3 is 0 Å². The zero-order chi connectivity index (χ0) is 11.5. The van der Waals surface area contributed by atoms with E-state index in [2.05, 4.69) is 23.2 Å². The van der Waals surface area contributed by atoms with Crippen LogP contribution in [0.1, 0.15) is 50.5 Å². The molecule has 0 spiro atoms. The number of rotatable bonds is 4. The third kappa shape index (κ3) is 2.59. The molecule has 0 N–H and O–H groups in total. The van der Waals surface area contributed by atoms with E-state index in [0.29, 0.717) is 5.92 Å². The second-order valence-corrected chi connectivity index (χ2v) is 6.31. The van der Waals surface area contributed by atoms with E-state index in [1.54, 1.807) is 23.3 Å². The van der Waals surface area contributed by atoms with Crippen LogP contribution < -0.4 is 0 Å².